The van der Waals surface area contributed by atoms with E-state index in [2.05, 4.69) is 4.74 Å². The number of hydrogen-bond acceptors (Lipinski definition) is 7. The van der Waals surface area contributed by atoms with Crippen LogP contribution in [0.3, 0.4) is 0 Å². The number of ether oxygens (including phenoxy) is 1. The van der Waals surface area contributed by atoms with Crippen molar-refractivity contribution in [3.63, 3.8) is 0 Å². The molecule has 15 heavy (non-hydrogen) atoms. The summed E-state index contributed by atoms with van der Waals surface area (Å²) < 4.78 is 4.63. The fourth-order valence-electron chi connectivity index (χ4n) is 0.231. The lowest BCUT2D eigenvalue weighted by Crippen LogP contribution is -2.03. The fraction of sp³-hybridized carbons (Fsp3) is 1.00. The van der Waals surface area contributed by atoms with E-state index in [9.17, 15) is 0 Å². The van der Waals surface area contributed by atoms with Crippen molar-refractivity contribution in [1.29, 1.82) is 0 Å². The topological polar surface area (TPSA) is 131 Å². The molecule has 0 amide bonds. The van der Waals surface area contributed by atoms with Crippen LogP contribution in [0.4, 0.5) is 0 Å². The van der Waals surface area contributed by atoms with Crippen molar-refractivity contribution in [1.82, 2.24) is 0 Å². The van der Waals surface area contributed by atoms with Crippen LogP contribution in [0.2, 0.25) is 0 Å². The molecule has 0 aromatic carbocycles. The van der Waals surface area contributed by atoms with E-state index in [1.54, 1.807) is 0 Å². The Morgan fingerprint density at radius 1 is 0.467 bits per heavy atom. The molecule has 0 bridgehead atoms. The maximum absolute atomic E-state index is 8.09. The second-order valence-corrected chi connectivity index (χ2v) is 1.95. The van der Waals surface area contributed by atoms with Gasteiger partial charge in [0.15, 0.2) is 0 Å². The van der Waals surface area contributed by atoms with E-state index in [4.69, 9.17) is 30.6 Å². The Morgan fingerprint density at radius 3 is 0.867 bits per heavy atom. The van der Waals surface area contributed by atoms with Gasteiger partial charge in [0.05, 0.1) is 52.9 Å². The molecule has 0 aliphatic heterocycles. The van der Waals surface area contributed by atoms with Crippen molar-refractivity contribution in [2.45, 2.75) is 0 Å². The standard InChI is InChI=1S/C4H10O3.2C2H6O2/c5-1-3-7-4-2-6;2*3-1-2-4/h5-6H,1-4H2;2*3-4H,1-2H2. The molecule has 0 saturated heterocycles. The third-order valence-electron chi connectivity index (χ3n) is 0.671. The molecule has 0 spiro atoms. The zero-order chi connectivity index (χ0) is 12.4. The van der Waals surface area contributed by atoms with E-state index in [1.165, 1.54) is 0 Å². The van der Waals surface area contributed by atoms with E-state index in [0.29, 0.717) is 13.2 Å². The van der Waals surface area contributed by atoms with Crippen LogP contribution in [0.5, 0.6) is 0 Å². The molecular weight excluding hydrogens is 208 g/mol. The minimum atomic E-state index is -0.125. The zero-order valence-electron chi connectivity index (χ0n) is 8.75. The lowest BCUT2D eigenvalue weighted by atomic mass is 10.7. The predicted molar refractivity (Wildman–Crippen MR) is 53.3 cm³/mol. The van der Waals surface area contributed by atoms with Crippen LogP contribution in [-0.2, 0) is 4.74 Å². The Labute approximate surface area is 89.2 Å². The van der Waals surface area contributed by atoms with Gasteiger partial charge in [0.1, 0.15) is 0 Å². The molecule has 0 atom stereocenters. The summed E-state index contributed by atoms with van der Waals surface area (Å²) in [6.07, 6.45) is 0. The molecule has 0 radical (unpaired) electrons. The van der Waals surface area contributed by atoms with Gasteiger partial charge in [0, 0.05) is 0 Å². The van der Waals surface area contributed by atoms with E-state index in [-0.39, 0.29) is 39.6 Å². The van der Waals surface area contributed by atoms with Crippen LogP contribution < -0.4 is 0 Å². The van der Waals surface area contributed by atoms with E-state index in [1.807, 2.05) is 0 Å². The lowest BCUT2D eigenvalue weighted by molar-refractivity contribution is 0.0650. The quantitative estimate of drug-likeness (QED) is 0.267. The van der Waals surface area contributed by atoms with E-state index >= 15 is 0 Å². The average Bonchev–Trinajstić information content (AvgIpc) is 2.30. The summed E-state index contributed by atoms with van der Waals surface area (Å²) >= 11 is 0. The fourth-order valence-corrected chi connectivity index (χ4v) is 0.231. The van der Waals surface area contributed by atoms with Gasteiger partial charge >= 0.3 is 0 Å². The zero-order valence-corrected chi connectivity index (χ0v) is 8.75. The Kier molecular flexibility index (Phi) is 39.3. The first-order valence-corrected chi connectivity index (χ1v) is 4.47. The van der Waals surface area contributed by atoms with Crippen molar-refractivity contribution < 1.29 is 35.4 Å². The molecule has 0 heterocycles. The Balaban J connectivity index is -0.000000155. The van der Waals surface area contributed by atoms with Crippen LogP contribution >= 0.6 is 0 Å². The first kappa shape index (κ1) is 20.2. The third kappa shape index (κ3) is 57.6. The second kappa shape index (κ2) is 29.2. The average molecular weight is 230 g/mol. The van der Waals surface area contributed by atoms with Crippen LogP contribution in [0.25, 0.3) is 0 Å². The van der Waals surface area contributed by atoms with Crippen molar-refractivity contribution in [3.05, 3.63) is 0 Å². The van der Waals surface area contributed by atoms with Crippen LogP contribution in [0, 0.1) is 0 Å². The van der Waals surface area contributed by atoms with Gasteiger partial charge in [-0.1, -0.05) is 0 Å². The molecule has 0 aliphatic carbocycles. The van der Waals surface area contributed by atoms with Crippen molar-refractivity contribution in [2.75, 3.05) is 52.9 Å². The predicted octanol–water partition coefficient (Wildman–Crippen LogP) is -3.07. The highest BCUT2D eigenvalue weighted by atomic mass is 16.5. The summed E-state index contributed by atoms with van der Waals surface area (Å²) in [7, 11) is 0. The monoisotopic (exact) mass is 230 g/mol. The summed E-state index contributed by atoms with van der Waals surface area (Å²) in [5.74, 6) is 0. The van der Waals surface area contributed by atoms with Gasteiger partial charge in [-0.3, -0.25) is 0 Å². The molecule has 0 aliphatic rings. The summed E-state index contributed by atoms with van der Waals surface area (Å²) in [4.78, 5) is 0. The minimum Gasteiger partial charge on any atom is -0.394 e. The van der Waals surface area contributed by atoms with E-state index < -0.39 is 0 Å². The number of hydrogen-bond donors (Lipinski definition) is 6. The smallest absolute Gasteiger partial charge is 0.0698 e. The summed E-state index contributed by atoms with van der Waals surface area (Å²) in [5, 5.41) is 46.7. The molecule has 0 unspecified atom stereocenters. The highest BCUT2D eigenvalue weighted by Gasteiger charge is 1.79. The van der Waals surface area contributed by atoms with Crippen molar-refractivity contribution >= 4 is 0 Å². The Morgan fingerprint density at radius 2 is 0.733 bits per heavy atom. The molecule has 0 aromatic rings. The highest BCUT2D eigenvalue weighted by molar-refractivity contribution is 4.24. The van der Waals surface area contributed by atoms with Gasteiger partial charge in [-0.05, 0) is 0 Å². The molecule has 0 saturated carbocycles. The molecular formula is C8H22O7. The Hall–Kier alpha value is -0.280. The SMILES string of the molecule is OCCO.OCCO.OCCOCCO. The highest BCUT2D eigenvalue weighted by Crippen LogP contribution is 1.68. The molecule has 0 rings (SSSR count). The summed E-state index contributed by atoms with van der Waals surface area (Å²) in [5.41, 5.74) is 0. The second-order valence-electron chi connectivity index (χ2n) is 1.95. The third-order valence-corrected chi connectivity index (χ3v) is 0.671. The molecule has 7 heteroatoms. The lowest BCUT2D eigenvalue weighted by Gasteiger charge is -1.94. The van der Waals surface area contributed by atoms with Crippen LogP contribution in [0.1, 0.15) is 0 Å². The van der Waals surface area contributed by atoms with Gasteiger partial charge in [-0.2, -0.15) is 0 Å². The molecule has 0 aromatic heterocycles. The molecule has 6 N–H and O–H groups in total. The molecule has 96 valence electrons. The first-order valence-electron chi connectivity index (χ1n) is 4.47. The number of rotatable bonds is 6. The van der Waals surface area contributed by atoms with Gasteiger partial charge in [0.2, 0.25) is 0 Å². The van der Waals surface area contributed by atoms with Gasteiger partial charge in [0.25, 0.3) is 0 Å². The maximum atomic E-state index is 8.09. The van der Waals surface area contributed by atoms with Gasteiger partial charge in [-0.25, -0.2) is 0 Å². The number of aliphatic hydroxyl groups excluding tert-OH is 6. The van der Waals surface area contributed by atoms with Crippen molar-refractivity contribution in [3.8, 4) is 0 Å². The molecule has 7 nitrogen and oxygen atoms in total. The first-order chi connectivity index (χ1) is 7.24. The maximum Gasteiger partial charge on any atom is 0.0698 e. The number of aliphatic hydroxyl groups is 6. The largest absolute Gasteiger partial charge is 0.394 e. The summed E-state index contributed by atoms with van der Waals surface area (Å²) in [6.45, 7) is 0.196. The van der Waals surface area contributed by atoms with Gasteiger partial charge < -0.3 is 35.4 Å². The van der Waals surface area contributed by atoms with Crippen LogP contribution in [-0.4, -0.2) is 83.5 Å². The minimum absolute atomic E-state index is 0.0278. The van der Waals surface area contributed by atoms with Crippen LogP contribution in [0.15, 0.2) is 0 Å². The molecule has 0 fully saturated rings. The van der Waals surface area contributed by atoms with E-state index in [0.717, 1.165) is 0 Å². The normalized spacial score (nSPS) is 8.40. The van der Waals surface area contributed by atoms with Crippen molar-refractivity contribution in [2.24, 2.45) is 0 Å². The summed E-state index contributed by atoms with van der Waals surface area (Å²) in [6, 6.07) is 0. The Bertz CT molecular complexity index is 60.0. The van der Waals surface area contributed by atoms with Gasteiger partial charge in [-0.15, -0.1) is 0 Å².